The van der Waals surface area contributed by atoms with Gasteiger partial charge in [-0.25, -0.2) is 0 Å². The second kappa shape index (κ2) is 8.37. The van der Waals surface area contributed by atoms with E-state index in [1.54, 1.807) is 42.5 Å². The van der Waals surface area contributed by atoms with Crippen LogP contribution in [0, 0.1) is 5.41 Å². The van der Waals surface area contributed by atoms with Crippen molar-refractivity contribution in [1.29, 1.82) is 0 Å². The van der Waals surface area contributed by atoms with E-state index in [-0.39, 0.29) is 17.3 Å². The first-order chi connectivity index (χ1) is 18.5. The second-order valence-electron chi connectivity index (χ2n) is 10.1. The van der Waals surface area contributed by atoms with Crippen molar-refractivity contribution >= 4 is 40.7 Å². The predicted molar refractivity (Wildman–Crippen MR) is 148 cm³/mol. The maximum atomic E-state index is 14.5. The van der Waals surface area contributed by atoms with Crippen molar-refractivity contribution in [2.45, 2.75) is 18.0 Å². The van der Waals surface area contributed by atoms with E-state index in [4.69, 9.17) is 11.6 Å². The molecule has 3 aliphatic rings. The lowest BCUT2D eigenvalue weighted by molar-refractivity contribution is 0.0666. The van der Waals surface area contributed by atoms with Gasteiger partial charge in [0.25, 0.3) is 0 Å². The first-order valence-corrected chi connectivity index (χ1v) is 13.0. The Balaban J connectivity index is 1.55. The molecule has 4 nitrogen and oxygen atoms in total. The largest absolute Gasteiger partial charge is 0.352 e. The van der Waals surface area contributed by atoms with E-state index in [0.717, 1.165) is 16.8 Å². The van der Waals surface area contributed by atoms with Gasteiger partial charge in [-0.15, -0.1) is 0 Å². The third-order valence-electron chi connectivity index (χ3n) is 8.25. The molecule has 3 unspecified atom stereocenters. The lowest BCUT2D eigenvalue weighted by Gasteiger charge is -2.37. The quantitative estimate of drug-likeness (QED) is 0.226. The van der Waals surface area contributed by atoms with Crippen molar-refractivity contribution in [2.24, 2.45) is 5.41 Å². The Labute approximate surface area is 225 Å². The molecule has 1 saturated heterocycles. The zero-order valence-corrected chi connectivity index (χ0v) is 21.0. The van der Waals surface area contributed by atoms with Crippen LogP contribution in [0.2, 0.25) is 5.02 Å². The van der Waals surface area contributed by atoms with Crippen molar-refractivity contribution in [3.63, 3.8) is 0 Å². The Morgan fingerprint density at radius 2 is 1.37 bits per heavy atom. The van der Waals surface area contributed by atoms with Crippen LogP contribution < -0.4 is 4.90 Å². The van der Waals surface area contributed by atoms with Gasteiger partial charge >= 0.3 is 0 Å². The highest BCUT2D eigenvalue weighted by Crippen LogP contribution is 2.61. The molecule has 0 N–H and O–H groups in total. The van der Waals surface area contributed by atoms with Gasteiger partial charge in [0, 0.05) is 33.3 Å². The Morgan fingerprint density at radius 1 is 0.763 bits per heavy atom. The number of carbonyl (C=O) groups is 3. The number of halogens is 1. The van der Waals surface area contributed by atoms with Gasteiger partial charge in [-0.3, -0.25) is 14.4 Å². The fraction of sp³-hybridized carbons (Fsp3) is 0.121. The highest BCUT2D eigenvalue weighted by Gasteiger charge is 2.71. The number of anilines is 1. The van der Waals surface area contributed by atoms with E-state index in [0.29, 0.717) is 21.7 Å². The lowest BCUT2D eigenvalue weighted by Crippen LogP contribution is -2.48. The van der Waals surface area contributed by atoms with Crippen LogP contribution in [0.25, 0.3) is 6.08 Å². The Kier molecular flexibility index (Phi) is 5.04. The molecule has 184 valence electrons. The van der Waals surface area contributed by atoms with Crippen LogP contribution in [-0.2, 0) is 0 Å². The Bertz CT molecular complexity index is 1630. The summed E-state index contributed by atoms with van der Waals surface area (Å²) in [5.74, 6) is -1.30. The van der Waals surface area contributed by atoms with E-state index < -0.39 is 23.4 Å². The van der Waals surface area contributed by atoms with Crippen molar-refractivity contribution in [1.82, 2.24) is 0 Å². The number of carbonyl (C=O) groups excluding carboxylic acids is 3. The number of ketones is 3. The number of Topliss-reactive ketones (excluding diaryl/α,β-unsaturated/α-hetero) is 3. The fourth-order valence-electron chi connectivity index (χ4n) is 6.75. The van der Waals surface area contributed by atoms with Gasteiger partial charge in [-0.1, -0.05) is 109 Å². The van der Waals surface area contributed by atoms with E-state index in [9.17, 15) is 14.4 Å². The zero-order valence-electron chi connectivity index (χ0n) is 20.3. The molecule has 0 saturated carbocycles. The van der Waals surface area contributed by atoms with Crippen LogP contribution in [0.15, 0.2) is 109 Å². The number of fused-ring (bicyclic) bond motifs is 5. The van der Waals surface area contributed by atoms with Gasteiger partial charge in [0.15, 0.2) is 17.3 Å². The summed E-state index contributed by atoms with van der Waals surface area (Å²) >= 11 is 6.34. The monoisotopic (exact) mass is 515 g/mol. The number of nitrogens with zero attached hydrogens (tertiary/aromatic N) is 1. The van der Waals surface area contributed by atoms with E-state index in [1.165, 1.54) is 0 Å². The van der Waals surface area contributed by atoms with Crippen LogP contribution in [0.1, 0.15) is 48.1 Å². The molecule has 0 amide bonds. The van der Waals surface area contributed by atoms with Crippen LogP contribution in [0.5, 0.6) is 0 Å². The predicted octanol–water partition coefficient (Wildman–Crippen LogP) is 6.66. The van der Waals surface area contributed by atoms with Gasteiger partial charge in [-0.05, 0) is 29.3 Å². The molecule has 2 aliphatic heterocycles. The maximum Gasteiger partial charge on any atom is 0.185 e. The summed E-state index contributed by atoms with van der Waals surface area (Å²) in [6.45, 7) is 0. The summed E-state index contributed by atoms with van der Waals surface area (Å²) in [4.78, 5) is 45.5. The molecule has 3 atom stereocenters. The number of hydrogen-bond donors (Lipinski definition) is 0. The SMILES string of the molecule is O=C(c1ccccc1)C1C(c2ccccc2)C2(C(=O)c3ccccc3C2=O)C2C=Cc3cc(Cl)ccc3N12. The Hall–Kier alpha value is -4.28. The first kappa shape index (κ1) is 22.9. The molecule has 38 heavy (non-hydrogen) atoms. The van der Waals surface area contributed by atoms with E-state index >= 15 is 0 Å². The van der Waals surface area contributed by atoms with Crippen LogP contribution >= 0.6 is 11.6 Å². The minimum atomic E-state index is -1.49. The summed E-state index contributed by atoms with van der Waals surface area (Å²) in [6, 6.07) is 29.8. The summed E-state index contributed by atoms with van der Waals surface area (Å²) < 4.78 is 0. The maximum absolute atomic E-state index is 14.5. The van der Waals surface area contributed by atoms with Crippen LogP contribution in [0.3, 0.4) is 0 Å². The average molecular weight is 516 g/mol. The molecule has 4 aromatic rings. The minimum absolute atomic E-state index is 0.130. The van der Waals surface area contributed by atoms with E-state index in [1.807, 2.05) is 77.7 Å². The van der Waals surface area contributed by atoms with Crippen LogP contribution in [-0.4, -0.2) is 29.4 Å². The third kappa shape index (κ3) is 2.95. The molecule has 1 spiro atoms. The van der Waals surface area contributed by atoms with Gasteiger partial charge in [-0.2, -0.15) is 0 Å². The molecule has 7 rings (SSSR count). The second-order valence-corrected chi connectivity index (χ2v) is 10.5. The van der Waals surface area contributed by atoms with Crippen molar-refractivity contribution in [3.8, 4) is 0 Å². The Morgan fingerprint density at radius 3 is 2.03 bits per heavy atom. The van der Waals surface area contributed by atoms with Gasteiger partial charge < -0.3 is 4.90 Å². The summed E-state index contributed by atoms with van der Waals surface area (Å²) in [5, 5.41) is 0.576. The van der Waals surface area contributed by atoms with E-state index in [2.05, 4.69) is 0 Å². The van der Waals surface area contributed by atoms with Gasteiger partial charge in [0.2, 0.25) is 0 Å². The lowest BCUT2D eigenvalue weighted by atomic mass is 9.64. The molecule has 1 aliphatic carbocycles. The van der Waals surface area contributed by atoms with Gasteiger partial charge in [0.05, 0.1) is 6.04 Å². The molecular formula is C33H22ClNO3. The highest BCUT2D eigenvalue weighted by atomic mass is 35.5. The molecule has 5 heteroatoms. The zero-order chi connectivity index (χ0) is 26.0. The topological polar surface area (TPSA) is 54.5 Å². The molecule has 1 fully saturated rings. The molecular weight excluding hydrogens is 494 g/mol. The van der Waals surface area contributed by atoms with Crippen molar-refractivity contribution < 1.29 is 14.4 Å². The number of rotatable bonds is 3. The summed E-state index contributed by atoms with van der Waals surface area (Å²) in [7, 11) is 0. The van der Waals surface area contributed by atoms with Gasteiger partial charge in [0.1, 0.15) is 11.5 Å². The molecule has 2 heterocycles. The summed E-state index contributed by atoms with van der Waals surface area (Å²) in [6.07, 6.45) is 3.83. The molecule has 0 aromatic heterocycles. The fourth-order valence-corrected chi connectivity index (χ4v) is 6.93. The smallest absolute Gasteiger partial charge is 0.185 e. The standard InChI is InChI=1S/C33H22ClNO3/c34-23-16-17-26-22(19-23)15-18-27-33(31(37)24-13-7-8-14-25(24)32(33)38)28(20-9-3-1-4-10-20)29(35(26)27)30(36)21-11-5-2-6-12-21/h1-19,27-29H. The number of benzene rings is 4. The average Bonchev–Trinajstić information content (AvgIpc) is 3.39. The highest BCUT2D eigenvalue weighted by molar-refractivity contribution is 6.32. The van der Waals surface area contributed by atoms with Crippen LogP contribution in [0.4, 0.5) is 5.69 Å². The minimum Gasteiger partial charge on any atom is -0.352 e. The van der Waals surface area contributed by atoms with Crippen molar-refractivity contribution in [2.75, 3.05) is 4.90 Å². The molecule has 0 radical (unpaired) electrons. The number of hydrogen-bond acceptors (Lipinski definition) is 4. The first-order valence-electron chi connectivity index (χ1n) is 12.6. The summed E-state index contributed by atoms with van der Waals surface area (Å²) in [5.41, 5.74) is 2.30. The van der Waals surface area contributed by atoms with Crippen molar-refractivity contribution in [3.05, 3.63) is 142 Å². The molecule has 4 aromatic carbocycles. The normalized spacial score (nSPS) is 22.3. The third-order valence-corrected chi connectivity index (χ3v) is 8.49. The molecule has 0 bridgehead atoms.